The molecule has 0 fully saturated rings. The van der Waals surface area contributed by atoms with Gasteiger partial charge in [-0.2, -0.15) is 0 Å². The topological polar surface area (TPSA) is 46.5 Å². The Balaban J connectivity index is 2.24. The molecular formula is C22H29ClO3Si. The first-order valence-corrected chi connectivity index (χ1v) is 12.5. The summed E-state index contributed by atoms with van der Waals surface area (Å²) >= 11 is 6.55. The molecule has 2 aromatic rings. The molecule has 3 nitrogen and oxygen atoms in total. The van der Waals surface area contributed by atoms with E-state index in [1.165, 1.54) is 0 Å². The van der Waals surface area contributed by atoms with Crippen LogP contribution in [-0.2, 0) is 11.0 Å². The van der Waals surface area contributed by atoms with Gasteiger partial charge in [-0.1, -0.05) is 69.6 Å². The largest absolute Gasteiger partial charge is 0.478 e. The number of carboxylic acids is 1. The van der Waals surface area contributed by atoms with Crippen LogP contribution in [0.25, 0.3) is 0 Å². The zero-order chi connectivity index (χ0) is 20.4. The molecule has 0 spiro atoms. The number of benzene rings is 2. The molecule has 1 atom stereocenters. The summed E-state index contributed by atoms with van der Waals surface area (Å²) in [5.74, 6) is -1.03. The van der Waals surface area contributed by atoms with Gasteiger partial charge in [-0.05, 0) is 47.0 Å². The third-order valence-corrected chi connectivity index (χ3v) is 10.4. The fourth-order valence-corrected chi connectivity index (χ4v) is 4.06. The van der Waals surface area contributed by atoms with E-state index in [0.29, 0.717) is 17.2 Å². The monoisotopic (exact) mass is 404 g/mol. The average Bonchev–Trinajstić information content (AvgIpc) is 2.58. The molecule has 0 unspecified atom stereocenters. The second kappa shape index (κ2) is 8.17. The Morgan fingerprint density at radius 1 is 1.15 bits per heavy atom. The number of hydrogen-bond acceptors (Lipinski definition) is 2. The highest BCUT2D eigenvalue weighted by atomic mass is 35.5. The molecule has 0 saturated heterocycles. The van der Waals surface area contributed by atoms with E-state index in [-0.39, 0.29) is 11.0 Å². The quantitative estimate of drug-likeness (QED) is 0.544. The standard InChI is InChI=1S/C22H29ClO3Si/c1-15(17-9-7-8-10-19(17)21(24)25)18-12-11-16(13-20(18)23)14-26-27(5,6)22(2,3)4/h7-13,15H,14H2,1-6H3,(H,24,25)/t15-/m0/s1. The van der Waals surface area contributed by atoms with Crippen LogP contribution in [0, 0.1) is 0 Å². The second-order valence-electron chi connectivity index (χ2n) is 8.52. The van der Waals surface area contributed by atoms with Gasteiger partial charge in [0.1, 0.15) is 0 Å². The van der Waals surface area contributed by atoms with Gasteiger partial charge in [-0.3, -0.25) is 0 Å². The van der Waals surface area contributed by atoms with E-state index in [1.54, 1.807) is 12.1 Å². The zero-order valence-corrected chi connectivity index (χ0v) is 18.7. The van der Waals surface area contributed by atoms with Crippen molar-refractivity contribution in [2.45, 2.75) is 58.4 Å². The van der Waals surface area contributed by atoms with Crippen LogP contribution >= 0.6 is 11.6 Å². The minimum absolute atomic E-state index is 0.111. The van der Waals surface area contributed by atoms with E-state index in [2.05, 4.69) is 33.9 Å². The molecule has 0 radical (unpaired) electrons. The molecule has 0 heterocycles. The summed E-state index contributed by atoms with van der Waals surface area (Å²) in [6, 6.07) is 13.0. The highest BCUT2D eigenvalue weighted by Crippen LogP contribution is 2.37. The Morgan fingerprint density at radius 2 is 1.78 bits per heavy atom. The van der Waals surface area contributed by atoms with Crippen molar-refractivity contribution >= 4 is 25.9 Å². The van der Waals surface area contributed by atoms with Gasteiger partial charge in [0.2, 0.25) is 0 Å². The van der Waals surface area contributed by atoms with Crippen LogP contribution in [0.1, 0.15) is 60.7 Å². The Morgan fingerprint density at radius 3 is 2.33 bits per heavy atom. The molecule has 0 aliphatic rings. The van der Waals surface area contributed by atoms with E-state index in [1.807, 2.05) is 37.3 Å². The van der Waals surface area contributed by atoms with Crippen molar-refractivity contribution in [1.82, 2.24) is 0 Å². The van der Waals surface area contributed by atoms with Gasteiger partial charge in [-0.25, -0.2) is 4.79 Å². The van der Waals surface area contributed by atoms with E-state index in [9.17, 15) is 9.90 Å². The van der Waals surface area contributed by atoms with Crippen LogP contribution in [-0.4, -0.2) is 19.4 Å². The third-order valence-electron chi connectivity index (χ3n) is 5.59. The molecule has 27 heavy (non-hydrogen) atoms. The maximum Gasteiger partial charge on any atom is 0.335 e. The summed E-state index contributed by atoms with van der Waals surface area (Å²) in [6.07, 6.45) is 0. The summed E-state index contributed by atoms with van der Waals surface area (Å²) in [6.45, 7) is 13.6. The lowest BCUT2D eigenvalue weighted by molar-refractivity contribution is 0.0695. The molecule has 0 aliphatic heterocycles. The van der Waals surface area contributed by atoms with Gasteiger partial charge >= 0.3 is 5.97 Å². The smallest absolute Gasteiger partial charge is 0.335 e. The minimum Gasteiger partial charge on any atom is -0.478 e. The fraction of sp³-hybridized carbons (Fsp3) is 0.409. The minimum atomic E-state index is -1.82. The van der Waals surface area contributed by atoms with Crippen molar-refractivity contribution in [1.29, 1.82) is 0 Å². The lowest BCUT2D eigenvalue weighted by Gasteiger charge is -2.36. The summed E-state index contributed by atoms with van der Waals surface area (Å²) in [7, 11) is -1.82. The van der Waals surface area contributed by atoms with Gasteiger partial charge in [0.05, 0.1) is 12.2 Å². The third kappa shape index (κ3) is 5.01. The molecule has 1 N–H and O–H groups in total. The van der Waals surface area contributed by atoms with Crippen molar-refractivity contribution in [3.05, 3.63) is 69.7 Å². The molecule has 2 rings (SSSR count). The van der Waals surface area contributed by atoms with Crippen molar-refractivity contribution in [2.75, 3.05) is 0 Å². The summed E-state index contributed by atoms with van der Waals surface area (Å²) in [5, 5.41) is 10.2. The van der Waals surface area contributed by atoms with Crippen molar-refractivity contribution < 1.29 is 14.3 Å². The molecule has 0 saturated carbocycles. The van der Waals surface area contributed by atoms with Crippen LogP contribution in [0.2, 0.25) is 23.2 Å². The lowest BCUT2D eigenvalue weighted by Crippen LogP contribution is -2.40. The van der Waals surface area contributed by atoms with Crippen LogP contribution in [0.5, 0.6) is 0 Å². The van der Waals surface area contributed by atoms with E-state index >= 15 is 0 Å². The molecule has 2 aromatic carbocycles. The first-order chi connectivity index (χ1) is 12.4. The summed E-state index contributed by atoms with van der Waals surface area (Å²) in [5.41, 5.74) is 3.03. The van der Waals surface area contributed by atoms with Crippen LogP contribution in [0.15, 0.2) is 42.5 Å². The number of aromatic carboxylic acids is 1. The molecule has 0 bridgehead atoms. The van der Waals surface area contributed by atoms with Gasteiger partial charge < -0.3 is 9.53 Å². The van der Waals surface area contributed by atoms with Crippen molar-refractivity contribution in [3.8, 4) is 0 Å². The highest BCUT2D eigenvalue weighted by molar-refractivity contribution is 6.74. The van der Waals surface area contributed by atoms with E-state index in [0.717, 1.165) is 16.7 Å². The van der Waals surface area contributed by atoms with E-state index in [4.69, 9.17) is 16.0 Å². The number of carboxylic acid groups (broad SMARTS) is 1. The average molecular weight is 405 g/mol. The van der Waals surface area contributed by atoms with Gasteiger partial charge in [0, 0.05) is 10.9 Å². The molecule has 5 heteroatoms. The van der Waals surface area contributed by atoms with Gasteiger partial charge in [-0.15, -0.1) is 0 Å². The normalized spacial score (nSPS) is 13.4. The molecule has 0 amide bonds. The summed E-state index contributed by atoms with van der Waals surface area (Å²) < 4.78 is 6.27. The Labute approximate surface area is 168 Å². The molecule has 146 valence electrons. The van der Waals surface area contributed by atoms with Crippen molar-refractivity contribution in [3.63, 3.8) is 0 Å². The highest BCUT2D eigenvalue weighted by Gasteiger charge is 2.37. The Kier molecular flexibility index (Phi) is 6.56. The van der Waals surface area contributed by atoms with E-state index < -0.39 is 14.3 Å². The second-order valence-corrected chi connectivity index (χ2v) is 13.7. The predicted molar refractivity (Wildman–Crippen MR) is 114 cm³/mol. The Hall–Kier alpha value is -1.62. The number of rotatable bonds is 6. The fourth-order valence-electron chi connectivity index (χ4n) is 2.73. The van der Waals surface area contributed by atoms with Gasteiger partial charge in [0.15, 0.2) is 8.32 Å². The van der Waals surface area contributed by atoms with Crippen molar-refractivity contribution in [2.24, 2.45) is 0 Å². The first-order valence-electron chi connectivity index (χ1n) is 9.18. The maximum absolute atomic E-state index is 11.5. The number of carbonyl (C=O) groups is 1. The van der Waals surface area contributed by atoms with Gasteiger partial charge in [0.25, 0.3) is 0 Å². The molecule has 0 aromatic heterocycles. The van der Waals surface area contributed by atoms with Crippen LogP contribution in [0.3, 0.4) is 0 Å². The van der Waals surface area contributed by atoms with Crippen LogP contribution < -0.4 is 0 Å². The summed E-state index contributed by atoms with van der Waals surface area (Å²) in [4.78, 5) is 11.5. The lowest BCUT2D eigenvalue weighted by atomic mass is 9.89. The SMILES string of the molecule is C[C@H](c1ccc(CO[Si](C)(C)C(C)(C)C)cc1Cl)c1ccccc1C(=O)O. The number of hydrogen-bond donors (Lipinski definition) is 1. The Bertz CT molecular complexity index is 825. The molecule has 0 aliphatic carbocycles. The number of halogens is 1. The zero-order valence-electron chi connectivity index (χ0n) is 17.0. The maximum atomic E-state index is 11.5. The molecular weight excluding hydrogens is 376 g/mol. The predicted octanol–water partition coefficient (Wildman–Crippen LogP) is 6.71. The first kappa shape index (κ1) is 21.7. The van der Waals surface area contributed by atoms with Crippen LogP contribution in [0.4, 0.5) is 0 Å².